The molecule has 3 rings (SSSR count). The molecule has 0 radical (unpaired) electrons. The van der Waals surface area contributed by atoms with Gasteiger partial charge in [0.05, 0.1) is 10.7 Å². The van der Waals surface area contributed by atoms with Gasteiger partial charge in [-0.15, -0.1) is 11.3 Å². The highest BCUT2D eigenvalue weighted by Gasteiger charge is 2.18. The second-order valence-corrected chi connectivity index (χ2v) is 7.40. The summed E-state index contributed by atoms with van der Waals surface area (Å²) in [6, 6.07) is 13.5. The third-order valence-corrected chi connectivity index (χ3v) is 5.10. The Morgan fingerprint density at radius 1 is 1.07 bits per heavy atom. The zero-order valence-electron chi connectivity index (χ0n) is 15.5. The standard InChI is InChI=1S/C21H19FN2O3S/c1-13-3-9-17(10-4-13)24-18(25)12-27-21(26)20-14(2)23-19(28-20)11-15-5-7-16(22)8-6-15/h3-10H,11-12H2,1-2H3,(H,24,25). The number of thiazole rings is 1. The van der Waals surface area contributed by atoms with Crippen molar-refractivity contribution in [2.24, 2.45) is 0 Å². The Balaban J connectivity index is 1.56. The average molecular weight is 398 g/mol. The number of esters is 1. The lowest BCUT2D eigenvalue weighted by molar-refractivity contribution is -0.119. The van der Waals surface area contributed by atoms with E-state index in [1.807, 2.05) is 19.1 Å². The van der Waals surface area contributed by atoms with Crippen LogP contribution in [0.1, 0.15) is 31.5 Å². The normalized spacial score (nSPS) is 10.5. The first kappa shape index (κ1) is 19.7. The Kier molecular flexibility index (Phi) is 6.16. The molecule has 0 unspecified atom stereocenters. The second kappa shape index (κ2) is 8.75. The summed E-state index contributed by atoms with van der Waals surface area (Å²) in [7, 11) is 0. The minimum absolute atomic E-state index is 0.299. The third-order valence-electron chi connectivity index (χ3n) is 3.96. The van der Waals surface area contributed by atoms with E-state index in [0.717, 1.165) is 16.1 Å². The van der Waals surface area contributed by atoms with Crippen molar-refractivity contribution in [3.63, 3.8) is 0 Å². The number of hydrogen-bond donors (Lipinski definition) is 1. The van der Waals surface area contributed by atoms with E-state index in [-0.39, 0.29) is 12.4 Å². The maximum absolute atomic E-state index is 13.0. The molecular formula is C21H19FN2O3S. The molecule has 144 valence electrons. The number of hydrogen-bond acceptors (Lipinski definition) is 5. The summed E-state index contributed by atoms with van der Waals surface area (Å²) in [4.78, 5) is 29.0. The molecule has 2 aromatic carbocycles. The number of aryl methyl sites for hydroxylation is 2. The van der Waals surface area contributed by atoms with E-state index >= 15 is 0 Å². The van der Waals surface area contributed by atoms with Crippen molar-refractivity contribution < 1.29 is 18.7 Å². The summed E-state index contributed by atoms with van der Waals surface area (Å²) in [6.07, 6.45) is 0.493. The van der Waals surface area contributed by atoms with Gasteiger partial charge in [-0.05, 0) is 43.7 Å². The van der Waals surface area contributed by atoms with Crippen molar-refractivity contribution in [1.82, 2.24) is 4.98 Å². The molecule has 1 heterocycles. The molecule has 1 aromatic heterocycles. The molecule has 3 aromatic rings. The molecule has 0 aliphatic carbocycles. The Morgan fingerprint density at radius 3 is 2.43 bits per heavy atom. The molecule has 0 atom stereocenters. The molecule has 0 saturated carbocycles. The largest absolute Gasteiger partial charge is 0.451 e. The van der Waals surface area contributed by atoms with Crippen LogP contribution in [0.2, 0.25) is 0 Å². The number of amides is 1. The van der Waals surface area contributed by atoms with Crippen LogP contribution in [0.4, 0.5) is 10.1 Å². The predicted molar refractivity (Wildman–Crippen MR) is 106 cm³/mol. The van der Waals surface area contributed by atoms with Gasteiger partial charge in [0.2, 0.25) is 0 Å². The van der Waals surface area contributed by atoms with E-state index in [9.17, 15) is 14.0 Å². The lowest BCUT2D eigenvalue weighted by Crippen LogP contribution is -2.20. The number of aromatic nitrogens is 1. The molecule has 1 N–H and O–H groups in total. The molecule has 0 aliphatic heterocycles. The van der Waals surface area contributed by atoms with Gasteiger partial charge in [-0.1, -0.05) is 29.8 Å². The topological polar surface area (TPSA) is 68.3 Å². The summed E-state index contributed by atoms with van der Waals surface area (Å²) in [5.41, 5.74) is 3.17. The lowest BCUT2D eigenvalue weighted by atomic mass is 10.1. The van der Waals surface area contributed by atoms with Crippen LogP contribution in [0.15, 0.2) is 48.5 Å². The third kappa shape index (κ3) is 5.23. The minimum atomic E-state index is -0.584. The molecule has 7 heteroatoms. The SMILES string of the molecule is Cc1ccc(NC(=O)COC(=O)c2sc(Cc3ccc(F)cc3)nc2C)cc1. The quantitative estimate of drug-likeness (QED) is 0.629. The average Bonchev–Trinajstić information content (AvgIpc) is 3.04. The molecule has 0 spiro atoms. The van der Waals surface area contributed by atoms with Gasteiger partial charge in [0.1, 0.15) is 10.7 Å². The smallest absolute Gasteiger partial charge is 0.350 e. The van der Waals surface area contributed by atoms with E-state index in [1.54, 1.807) is 31.2 Å². The number of carbonyl (C=O) groups excluding carboxylic acids is 2. The Bertz CT molecular complexity index is 982. The summed E-state index contributed by atoms with van der Waals surface area (Å²) in [5.74, 6) is -1.29. The molecule has 1 amide bonds. The first-order valence-corrected chi connectivity index (χ1v) is 9.47. The van der Waals surface area contributed by atoms with Crippen LogP contribution in [0.5, 0.6) is 0 Å². The fourth-order valence-electron chi connectivity index (χ4n) is 2.52. The molecule has 5 nitrogen and oxygen atoms in total. The van der Waals surface area contributed by atoms with E-state index in [4.69, 9.17) is 4.74 Å². The van der Waals surface area contributed by atoms with Crippen LogP contribution < -0.4 is 5.32 Å². The molecule has 0 aliphatic rings. The van der Waals surface area contributed by atoms with Gasteiger partial charge >= 0.3 is 5.97 Å². The van der Waals surface area contributed by atoms with Crippen molar-refractivity contribution in [1.29, 1.82) is 0 Å². The number of anilines is 1. The van der Waals surface area contributed by atoms with E-state index in [2.05, 4.69) is 10.3 Å². The summed E-state index contributed by atoms with van der Waals surface area (Å²) in [5, 5.41) is 3.40. The first-order chi connectivity index (χ1) is 13.4. The summed E-state index contributed by atoms with van der Waals surface area (Å²) in [6.45, 7) is 3.29. The van der Waals surface area contributed by atoms with Crippen molar-refractivity contribution in [3.05, 3.63) is 81.1 Å². The van der Waals surface area contributed by atoms with E-state index in [1.165, 1.54) is 23.5 Å². The van der Waals surface area contributed by atoms with Gasteiger partial charge < -0.3 is 10.1 Å². The number of rotatable bonds is 6. The molecule has 0 bridgehead atoms. The van der Waals surface area contributed by atoms with Gasteiger partial charge in [-0.2, -0.15) is 0 Å². The maximum Gasteiger partial charge on any atom is 0.350 e. The van der Waals surface area contributed by atoms with E-state index < -0.39 is 11.9 Å². The predicted octanol–water partition coefficient (Wildman–Crippen LogP) is 4.29. The Labute approximate surface area is 166 Å². The zero-order chi connectivity index (χ0) is 20.1. The van der Waals surface area contributed by atoms with Crippen LogP contribution in [0.25, 0.3) is 0 Å². The Morgan fingerprint density at radius 2 is 1.75 bits per heavy atom. The van der Waals surface area contributed by atoms with Gasteiger partial charge in [0.25, 0.3) is 5.91 Å². The number of halogens is 1. The van der Waals surface area contributed by atoms with Crippen molar-refractivity contribution in [3.8, 4) is 0 Å². The Hall–Kier alpha value is -3.06. The molecular weight excluding hydrogens is 379 g/mol. The zero-order valence-corrected chi connectivity index (χ0v) is 16.3. The van der Waals surface area contributed by atoms with Crippen molar-refractivity contribution in [2.75, 3.05) is 11.9 Å². The molecule has 0 fully saturated rings. The van der Waals surface area contributed by atoms with Crippen LogP contribution in [-0.2, 0) is 16.0 Å². The monoisotopic (exact) mass is 398 g/mol. The highest BCUT2D eigenvalue weighted by Crippen LogP contribution is 2.22. The van der Waals surface area contributed by atoms with Crippen LogP contribution in [0, 0.1) is 19.7 Å². The van der Waals surface area contributed by atoms with Gasteiger partial charge in [0, 0.05) is 12.1 Å². The van der Waals surface area contributed by atoms with Crippen molar-refractivity contribution >= 4 is 28.9 Å². The van der Waals surface area contributed by atoms with Gasteiger partial charge in [-0.3, -0.25) is 4.79 Å². The van der Waals surface area contributed by atoms with E-state index in [0.29, 0.717) is 22.7 Å². The number of carbonyl (C=O) groups is 2. The number of nitrogens with one attached hydrogen (secondary N) is 1. The molecule has 0 saturated heterocycles. The van der Waals surface area contributed by atoms with Crippen LogP contribution >= 0.6 is 11.3 Å². The summed E-state index contributed by atoms with van der Waals surface area (Å²) >= 11 is 1.21. The highest BCUT2D eigenvalue weighted by molar-refractivity contribution is 7.13. The first-order valence-electron chi connectivity index (χ1n) is 8.65. The highest BCUT2D eigenvalue weighted by atomic mass is 32.1. The minimum Gasteiger partial charge on any atom is -0.451 e. The summed E-state index contributed by atoms with van der Waals surface area (Å²) < 4.78 is 18.1. The maximum atomic E-state index is 13.0. The van der Waals surface area contributed by atoms with Crippen LogP contribution in [0.3, 0.4) is 0 Å². The van der Waals surface area contributed by atoms with Gasteiger partial charge in [0.15, 0.2) is 6.61 Å². The number of benzene rings is 2. The fourth-order valence-corrected chi connectivity index (χ4v) is 3.52. The number of nitrogens with zero attached hydrogens (tertiary/aromatic N) is 1. The second-order valence-electron chi connectivity index (χ2n) is 6.32. The van der Waals surface area contributed by atoms with Crippen molar-refractivity contribution in [2.45, 2.75) is 20.3 Å². The van der Waals surface area contributed by atoms with Crippen LogP contribution in [-0.4, -0.2) is 23.5 Å². The number of ether oxygens (including phenoxy) is 1. The lowest BCUT2D eigenvalue weighted by Gasteiger charge is -2.06. The molecule has 28 heavy (non-hydrogen) atoms. The fraction of sp³-hybridized carbons (Fsp3) is 0.190. The van der Waals surface area contributed by atoms with Gasteiger partial charge in [-0.25, -0.2) is 14.2 Å².